The number of hydrogen-bond donors (Lipinski definition) is 1. The maximum atomic E-state index is 4.73. The fraction of sp³-hybridized carbons (Fsp3) is 0.375. The third-order valence-corrected chi connectivity index (χ3v) is 3.60. The summed E-state index contributed by atoms with van der Waals surface area (Å²) in [6.07, 6.45) is 2.21. The Hall–Kier alpha value is -1.74. The molecule has 1 atom stereocenters. The molecular formula is C16H19N3. The van der Waals surface area contributed by atoms with Crippen molar-refractivity contribution in [3.8, 4) is 11.3 Å². The highest BCUT2D eigenvalue weighted by Gasteiger charge is 2.16. The van der Waals surface area contributed by atoms with Crippen molar-refractivity contribution < 1.29 is 0 Å². The van der Waals surface area contributed by atoms with Gasteiger partial charge in [0, 0.05) is 17.7 Å². The van der Waals surface area contributed by atoms with Crippen LogP contribution in [0.15, 0.2) is 36.4 Å². The largest absolute Gasteiger partial charge is 0.316 e. The monoisotopic (exact) mass is 253 g/mol. The second-order valence-electron chi connectivity index (χ2n) is 5.24. The lowest BCUT2D eigenvalue weighted by molar-refractivity contribution is 0.561. The zero-order valence-electron chi connectivity index (χ0n) is 11.3. The van der Waals surface area contributed by atoms with E-state index in [4.69, 9.17) is 4.98 Å². The Morgan fingerprint density at radius 2 is 2.05 bits per heavy atom. The van der Waals surface area contributed by atoms with E-state index in [1.54, 1.807) is 0 Å². The molecule has 0 radical (unpaired) electrons. The highest BCUT2D eigenvalue weighted by molar-refractivity contribution is 5.58. The van der Waals surface area contributed by atoms with Crippen LogP contribution in [0.3, 0.4) is 0 Å². The van der Waals surface area contributed by atoms with E-state index in [1.165, 1.54) is 12.0 Å². The average molecular weight is 253 g/mol. The first-order valence-electron chi connectivity index (χ1n) is 6.92. The minimum Gasteiger partial charge on any atom is -0.316 e. The number of aryl methyl sites for hydroxylation is 1. The van der Waals surface area contributed by atoms with E-state index < -0.39 is 0 Å². The predicted octanol–water partition coefficient (Wildman–Crippen LogP) is 2.60. The van der Waals surface area contributed by atoms with Crippen molar-refractivity contribution >= 4 is 0 Å². The van der Waals surface area contributed by atoms with Gasteiger partial charge in [0.15, 0.2) is 0 Å². The van der Waals surface area contributed by atoms with Crippen LogP contribution in [0.4, 0.5) is 0 Å². The molecule has 1 aromatic heterocycles. The zero-order chi connectivity index (χ0) is 13.1. The van der Waals surface area contributed by atoms with Crippen molar-refractivity contribution in [2.24, 2.45) is 5.92 Å². The number of hydrogen-bond acceptors (Lipinski definition) is 3. The van der Waals surface area contributed by atoms with Crippen LogP contribution in [0.2, 0.25) is 0 Å². The normalized spacial score (nSPS) is 18.7. The molecule has 3 heteroatoms. The minimum absolute atomic E-state index is 0.686. The van der Waals surface area contributed by atoms with Crippen LogP contribution in [-0.4, -0.2) is 23.1 Å². The van der Waals surface area contributed by atoms with Gasteiger partial charge in [-0.15, -0.1) is 0 Å². The third-order valence-electron chi connectivity index (χ3n) is 3.60. The van der Waals surface area contributed by atoms with Crippen molar-refractivity contribution in [3.05, 3.63) is 47.9 Å². The summed E-state index contributed by atoms with van der Waals surface area (Å²) in [6.45, 7) is 4.27. The molecule has 3 rings (SSSR count). The second kappa shape index (κ2) is 5.49. The van der Waals surface area contributed by atoms with Crippen LogP contribution in [0.5, 0.6) is 0 Å². The number of nitrogens with zero attached hydrogens (tertiary/aromatic N) is 2. The SMILES string of the molecule is Cc1cc(-c2ccccc2)nc(CC2CCNC2)n1. The second-order valence-corrected chi connectivity index (χ2v) is 5.24. The number of aromatic nitrogens is 2. The molecule has 1 N–H and O–H groups in total. The van der Waals surface area contributed by atoms with E-state index in [-0.39, 0.29) is 0 Å². The standard InChI is InChI=1S/C16H19N3/c1-12-9-15(14-5-3-2-4-6-14)19-16(18-12)10-13-7-8-17-11-13/h2-6,9,13,17H,7-8,10-11H2,1H3. The molecule has 0 amide bonds. The predicted molar refractivity (Wildman–Crippen MR) is 76.9 cm³/mol. The Morgan fingerprint density at radius 3 is 2.79 bits per heavy atom. The lowest BCUT2D eigenvalue weighted by atomic mass is 10.0. The van der Waals surface area contributed by atoms with Gasteiger partial charge in [0.25, 0.3) is 0 Å². The fourth-order valence-corrected chi connectivity index (χ4v) is 2.62. The van der Waals surface area contributed by atoms with E-state index in [0.29, 0.717) is 5.92 Å². The Balaban J connectivity index is 1.87. The molecule has 98 valence electrons. The summed E-state index contributed by atoms with van der Waals surface area (Å²) in [5, 5.41) is 3.40. The molecule has 1 unspecified atom stereocenters. The van der Waals surface area contributed by atoms with Crippen molar-refractivity contribution in [2.75, 3.05) is 13.1 Å². The van der Waals surface area contributed by atoms with Gasteiger partial charge in [0.05, 0.1) is 5.69 Å². The Bertz CT molecular complexity index is 545. The zero-order valence-corrected chi connectivity index (χ0v) is 11.3. The molecule has 0 spiro atoms. The molecular weight excluding hydrogens is 234 g/mol. The van der Waals surface area contributed by atoms with Crippen LogP contribution in [0.25, 0.3) is 11.3 Å². The van der Waals surface area contributed by atoms with E-state index >= 15 is 0 Å². The molecule has 2 aromatic rings. The first-order chi connectivity index (χ1) is 9.31. The smallest absolute Gasteiger partial charge is 0.129 e. The van der Waals surface area contributed by atoms with Gasteiger partial charge in [0.2, 0.25) is 0 Å². The number of nitrogens with one attached hydrogen (secondary N) is 1. The Morgan fingerprint density at radius 1 is 1.21 bits per heavy atom. The molecule has 0 bridgehead atoms. The molecule has 19 heavy (non-hydrogen) atoms. The van der Waals surface area contributed by atoms with Crippen LogP contribution < -0.4 is 5.32 Å². The maximum Gasteiger partial charge on any atom is 0.129 e. The first-order valence-corrected chi connectivity index (χ1v) is 6.92. The molecule has 1 saturated heterocycles. The summed E-state index contributed by atoms with van der Waals surface area (Å²) in [4.78, 5) is 9.31. The van der Waals surface area contributed by atoms with Gasteiger partial charge in [-0.3, -0.25) is 0 Å². The molecule has 0 saturated carbocycles. The van der Waals surface area contributed by atoms with Gasteiger partial charge >= 0.3 is 0 Å². The molecule has 1 fully saturated rings. The van der Waals surface area contributed by atoms with Crippen LogP contribution in [0, 0.1) is 12.8 Å². The quantitative estimate of drug-likeness (QED) is 0.913. The highest BCUT2D eigenvalue weighted by Crippen LogP contribution is 2.19. The fourth-order valence-electron chi connectivity index (χ4n) is 2.62. The van der Waals surface area contributed by atoms with E-state index in [1.807, 2.05) is 25.1 Å². The molecule has 2 heterocycles. The lowest BCUT2D eigenvalue weighted by Crippen LogP contribution is -2.12. The summed E-state index contributed by atoms with van der Waals surface area (Å²) in [5.74, 6) is 1.66. The lowest BCUT2D eigenvalue weighted by Gasteiger charge is -2.09. The van der Waals surface area contributed by atoms with Gasteiger partial charge in [-0.05, 0) is 38.4 Å². The molecule has 3 nitrogen and oxygen atoms in total. The third kappa shape index (κ3) is 2.99. The highest BCUT2D eigenvalue weighted by atomic mass is 14.9. The van der Waals surface area contributed by atoms with Gasteiger partial charge in [-0.25, -0.2) is 9.97 Å². The van der Waals surface area contributed by atoms with Crippen LogP contribution in [0.1, 0.15) is 17.9 Å². The van der Waals surface area contributed by atoms with Gasteiger partial charge < -0.3 is 5.32 Å². The minimum atomic E-state index is 0.686. The summed E-state index contributed by atoms with van der Waals surface area (Å²) in [7, 11) is 0. The number of rotatable bonds is 3. The van der Waals surface area contributed by atoms with Crippen molar-refractivity contribution in [1.29, 1.82) is 0 Å². The summed E-state index contributed by atoms with van der Waals surface area (Å²) >= 11 is 0. The van der Waals surface area contributed by atoms with Crippen molar-refractivity contribution in [1.82, 2.24) is 15.3 Å². The first kappa shape index (κ1) is 12.3. The molecule has 1 aliphatic rings. The van der Waals surface area contributed by atoms with Gasteiger partial charge in [0.1, 0.15) is 5.82 Å². The van der Waals surface area contributed by atoms with E-state index in [9.17, 15) is 0 Å². The average Bonchev–Trinajstić information content (AvgIpc) is 2.92. The molecule has 1 aliphatic heterocycles. The van der Waals surface area contributed by atoms with Crippen molar-refractivity contribution in [2.45, 2.75) is 19.8 Å². The van der Waals surface area contributed by atoms with E-state index in [0.717, 1.165) is 36.7 Å². The van der Waals surface area contributed by atoms with Gasteiger partial charge in [-0.2, -0.15) is 0 Å². The summed E-state index contributed by atoms with van der Waals surface area (Å²) in [6, 6.07) is 12.4. The molecule has 1 aromatic carbocycles. The van der Waals surface area contributed by atoms with Crippen LogP contribution in [-0.2, 0) is 6.42 Å². The maximum absolute atomic E-state index is 4.73. The van der Waals surface area contributed by atoms with Gasteiger partial charge in [-0.1, -0.05) is 30.3 Å². The molecule has 0 aliphatic carbocycles. The number of benzene rings is 1. The Kier molecular flexibility index (Phi) is 3.56. The topological polar surface area (TPSA) is 37.8 Å². The van der Waals surface area contributed by atoms with E-state index in [2.05, 4.69) is 28.5 Å². The summed E-state index contributed by atoms with van der Waals surface area (Å²) in [5.41, 5.74) is 3.25. The Labute approximate surface area is 114 Å². The van der Waals surface area contributed by atoms with Crippen molar-refractivity contribution in [3.63, 3.8) is 0 Å². The van der Waals surface area contributed by atoms with Crippen LogP contribution >= 0.6 is 0 Å². The summed E-state index contributed by atoms with van der Waals surface area (Å²) < 4.78 is 0.